The highest BCUT2D eigenvalue weighted by atomic mass is 16.5. The van der Waals surface area contributed by atoms with E-state index in [4.69, 9.17) is 16.3 Å². The third-order valence-corrected chi connectivity index (χ3v) is 2.73. The van der Waals surface area contributed by atoms with Crippen LogP contribution in [0.25, 0.3) is 0 Å². The van der Waals surface area contributed by atoms with E-state index >= 15 is 0 Å². The lowest BCUT2D eigenvalue weighted by atomic mass is 10.5. The molecule has 1 aliphatic carbocycles. The molecule has 1 saturated carbocycles. The molecule has 5 N–H and O–H groups in total. The maximum absolute atomic E-state index is 5.52. The molecule has 7 nitrogen and oxygen atoms in total. The molecular weight excluding hydrogens is 220 g/mol. The normalized spacial score (nSPS) is 15.0. The first-order valence-electron chi connectivity index (χ1n) is 5.63. The zero-order valence-corrected chi connectivity index (χ0v) is 9.89. The Bertz CT molecular complexity index is 381. The van der Waals surface area contributed by atoms with Gasteiger partial charge in [-0.15, -0.1) is 0 Å². The topological polar surface area (TPSA) is 102 Å². The minimum Gasteiger partial charge on any atom is -0.476 e. The summed E-state index contributed by atoms with van der Waals surface area (Å²) in [7, 11) is 2.10. The van der Waals surface area contributed by atoms with E-state index in [2.05, 4.69) is 27.3 Å². The highest BCUT2D eigenvalue weighted by molar-refractivity contribution is 5.41. The Morgan fingerprint density at radius 2 is 2.29 bits per heavy atom. The fraction of sp³-hybridized carbons (Fsp3) is 0.600. The number of aromatic nitrogens is 2. The molecule has 1 fully saturated rings. The summed E-state index contributed by atoms with van der Waals surface area (Å²) in [5.74, 6) is 6.28. The van der Waals surface area contributed by atoms with E-state index in [-0.39, 0.29) is 5.95 Å². The zero-order valence-electron chi connectivity index (χ0n) is 9.89. The van der Waals surface area contributed by atoms with Crippen LogP contribution in [-0.4, -0.2) is 41.1 Å². The number of nitrogens with one attached hydrogen (secondary N) is 1. The van der Waals surface area contributed by atoms with Crippen molar-refractivity contribution in [1.29, 1.82) is 0 Å². The maximum atomic E-state index is 5.52. The molecule has 1 aliphatic rings. The predicted octanol–water partition coefficient (Wildman–Crippen LogP) is -0.183. The zero-order chi connectivity index (χ0) is 12.3. The summed E-state index contributed by atoms with van der Waals surface area (Å²) in [6.07, 6.45) is 2.58. The number of nitrogen functional groups attached to an aromatic ring is 2. The van der Waals surface area contributed by atoms with Gasteiger partial charge in [0.2, 0.25) is 11.8 Å². The molecule has 0 amide bonds. The number of likely N-dealkylation sites (N-methyl/N-ethyl adjacent to an activating group) is 1. The summed E-state index contributed by atoms with van der Waals surface area (Å²) in [5.41, 5.74) is 7.93. The molecule has 0 spiro atoms. The molecule has 2 rings (SSSR count). The molecule has 1 heterocycles. The molecule has 0 bridgehead atoms. The molecule has 0 saturated heterocycles. The SMILES string of the molecule is CN(CCOc1cc(NN)nc(N)n1)C1CC1. The maximum Gasteiger partial charge on any atom is 0.225 e. The second kappa shape index (κ2) is 5.15. The van der Waals surface area contributed by atoms with E-state index in [0.717, 1.165) is 12.6 Å². The van der Waals surface area contributed by atoms with Crippen molar-refractivity contribution >= 4 is 11.8 Å². The molecule has 0 aliphatic heterocycles. The van der Waals surface area contributed by atoms with E-state index in [9.17, 15) is 0 Å². The summed E-state index contributed by atoms with van der Waals surface area (Å²) in [5, 5.41) is 0. The Morgan fingerprint density at radius 3 is 2.94 bits per heavy atom. The number of hydrogen-bond acceptors (Lipinski definition) is 7. The third kappa shape index (κ3) is 3.43. The third-order valence-electron chi connectivity index (χ3n) is 2.73. The van der Waals surface area contributed by atoms with Gasteiger partial charge in [-0.2, -0.15) is 9.97 Å². The lowest BCUT2D eigenvalue weighted by Gasteiger charge is -2.15. The van der Waals surface area contributed by atoms with Gasteiger partial charge in [0.15, 0.2) is 0 Å². The van der Waals surface area contributed by atoms with Crippen LogP contribution in [0.1, 0.15) is 12.8 Å². The second-order valence-corrected chi connectivity index (χ2v) is 4.15. The van der Waals surface area contributed by atoms with Gasteiger partial charge in [-0.25, -0.2) is 5.84 Å². The van der Waals surface area contributed by atoms with E-state index in [1.807, 2.05) is 0 Å². The number of nitrogens with two attached hydrogens (primary N) is 2. The standard InChI is InChI=1S/C10H18N6O/c1-16(7-2-3-7)4-5-17-9-6-8(15-12)13-10(11)14-9/h6-7H,2-5,12H2,1H3,(H3,11,13,14,15). The van der Waals surface area contributed by atoms with Gasteiger partial charge in [0.05, 0.1) is 0 Å². The van der Waals surface area contributed by atoms with Crippen LogP contribution in [0.4, 0.5) is 11.8 Å². The van der Waals surface area contributed by atoms with Gasteiger partial charge < -0.3 is 20.8 Å². The number of nitrogens with zero attached hydrogens (tertiary/aromatic N) is 3. The molecule has 1 aromatic heterocycles. The van der Waals surface area contributed by atoms with Crippen LogP contribution in [0.2, 0.25) is 0 Å². The van der Waals surface area contributed by atoms with Crippen molar-refractivity contribution < 1.29 is 4.74 Å². The molecule has 0 aromatic carbocycles. The lowest BCUT2D eigenvalue weighted by Crippen LogP contribution is -2.26. The first-order chi connectivity index (χ1) is 8.19. The Kier molecular flexibility index (Phi) is 3.60. The molecule has 17 heavy (non-hydrogen) atoms. The summed E-state index contributed by atoms with van der Waals surface area (Å²) < 4.78 is 5.51. The van der Waals surface area contributed by atoms with Gasteiger partial charge in [0.25, 0.3) is 0 Å². The van der Waals surface area contributed by atoms with Gasteiger partial charge in [-0.05, 0) is 19.9 Å². The monoisotopic (exact) mass is 238 g/mol. The van der Waals surface area contributed by atoms with Crippen molar-refractivity contribution in [3.8, 4) is 5.88 Å². The van der Waals surface area contributed by atoms with E-state index < -0.39 is 0 Å². The number of hydrogen-bond donors (Lipinski definition) is 3. The Labute approximate surface area is 100 Å². The van der Waals surface area contributed by atoms with Gasteiger partial charge >= 0.3 is 0 Å². The van der Waals surface area contributed by atoms with Gasteiger partial charge in [0.1, 0.15) is 12.4 Å². The molecule has 0 radical (unpaired) electrons. The summed E-state index contributed by atoms with van der Waals surface area (Å²) >= 11 is 0. The largest absolute Gasteiger partial charge is 0.476 e. The van der Waals surface area contributed by atoms with E-state index in [1.165, 1.54) is 12.8 Å². The molecule has 94 valence electrons. The first kappa shape index (κ1) is 11.9. The van der Waals surface area contributed by atoms with Crippen molar-refractivity contribution in [2.45, 2.75) is 18.9 Å². The lowest BCUT2D eigenvalue weighted by molar-refractivity contribution is 0.226. The molecule has 1 aromatic rings. The van der Waals surface area contributed by atoms with Crippen LogP contribution in [0.15, 0.2) is 6.07 Å². The van der Waals surface area contributed by atoms with Gasteiger partial charge in [-0.1, -0.05) is 0 Å². The molecule has 0 unspecified atom stereocenters. The fourth-order valence-electron chi connectivity index (χ4n) is 1.58. The summed E-state index contributed by atoms with van der Waals surface area (Å²) in [4.78, 5) is 10.1. The van der Waals surface area contributed by atoms with Crippen LogP contribution in [0.5, 0.6) is 5.88 Å². The minimum absolute atomic E-state index is 0.144. The van der Waals surface area contributed by atoms with E-state index in [0.29, 0.717) is 18.3 Å². The minimum atomic E-state index is 0.144. The smallest absolute Gasteiger partial charge is 0.225 e. The van der Waals surface area contributed by atoms with Crippen molar-refractivity contribution in [3.63, 3.8) is 0 Å². The van der Waals surface area contributed by atoms with Crippen molar-refractivity contribution in [3.05, 3.63) is 6.07 Å². The van der Waals surface area contributed by atoms with Crippen molar-refractivity contribution in [1.82, 2.24) is 14.9 Å². The van der Waals surface area contributed by atoms with Crippen LogP contribution in [0, 0.1) is 0 Å². The van der Waals surface area contributed by atoms with Gasteiger partial charge in [-0.3, -0.25) is 0 Å². The number of ether oxygens (including phenoxy) is 1. The fourth-order valence-corrected chi connectivity index (χ4v) is 1.58. The highest BCUT2D eigenvalue weighted by Gasteiger charge is 2.25. The van der Waals surface area contributed by atoms with Gasteiger partial charge in [0, 0.05) is 18.7 Å². The Hall–Kier alpha value is -1.60. The van der Waals surface area contributed by atoms with Crippen LogP contribution in [0.3, 0.4) is 0 Å². The number of hydrazine groups is 1. The average Bonchev–Trinajstić information content (AvgIpc) is 3.12. The van der Waals surface area contributed by atoms with Crippen LogP contribution >= 0.6 is 0 Å². The highest BCUT2D eigenvalue weighted by Crippen LogP contribution is 2.24. The predicted molar refractivity (Wildman–Crippen MR) is 65.4 cm³/mol. The summed E-state index contributed by atoms with van der Waals surface area (Å²) in [6.45, 7) is 1.45. The van der Waals surface area contributed by atoms with Crippen molar-refractivity contribution in [2.24, 2.45) is 5.84 Å². The first-order valence-corrected chi connectivity index (χ1v) is 5.63. The number of anilines is 2. The summed E-state index contributed by atoms with van der Waals surface area (Å²) in [6, 6.07) is 2.35. The quantitative estimate of drug-likeness (QED) is 0.466. The van der Waals surface area contributed by atoms with E-state index in [1.54, 1.807) is 6.07 Å². The number of rotatable bonds is 6. The van der Waals surface area contributed by atoms with Crippen LogP contribution < -0.4 is 21.7 Å². The molecule has 0 atom stereocenters. The average molecular weight is 238 g/mol. The Balaban J connectivity index is 1.83. The second-order valence-electron chi connectivity index (χ2n) is 4.15. The Morgan fingerprint density at radius 1 is 1.53 bits per heavy atom. The van der Waals surface area contributed by atoms with Crippen LogP contribution in [-0.2, 0) is 0 Å². The molecular formula is C10H18N6O. The van der Waals surface area contributed by atoms with Crippen molar-refractivity contribution in [2.75, 3.05) is 31.4 Å². The molecule has 7 heteroatoms.